The molecular formula is C36H40Cl2F2N2O10. The number of rotatable bonds is 15. The van der Waals surface area contributed by atoms with E-state index < -0.39 is 48.3 Å². The Hall–Kier alpha value is -4.56. The van der Waals surface area contributed by atoms with E-state index in [1.165, 1.54) is 43.5 Å². The fourth-order valence-corrected chi connectivity index (χ4v) is 5.45. The van der Waals surface area contributed by atoms with E-state index in [9.17, 15) is 28.4 Å². The largest absolute Gasteiger partial charge is 0.619 e. The van der Waals surface area contributed by atoms with Gasteiger partial charge in [-0.25, -0.2) is 14.4 Å². The van der Waals surface area contributed by atoms with Crippen molar-refractivity contribution in [2.24, 2.45) is 11.8 Å². The summed E-state index contributed by atoms with van der Waals surface area (Å²) in [7, 11) is 1.34. The van der Waals surface area contributed by atoms with Crippen molar-refractivity contribution in [1.82, 2.24) is 5.32 Å². The summed E-state index contributed by atoms with van der Waals surface area (Å²) in [6.45, 7) is 5.59. The molecule has 1 aromatic heterocycles. The third kappa shape index (κ3) is 11.5. The normalized spacial score (nSPS) is 14.0. The molecular weight excluding hydrogens is 729 g/mol. The topological polar surface area (TPSA) is 146 Å². The summed E-state index contributed by atoms with van der Waals surface area (Å²) in [6, 6.07) is 6.98. The maximum absolute atomic E-state index is 13.8. The average Bonchev–Trinajstić information content (AvgIpc) is 3.87. The van der Waals surface area contributed by atoms with Gasteiger partial charge < -0.3 is 38.9 Å². The minimum Gasteiger partial charge on any atom is -0.619 e. The second-order valence-corrected chi connectivity index (χ2v) is 14.2. The molecule has 0 spiro atoms. The van der Waals surface area contributed by atoms with Crippen LogP contribution < -0.4 is 29.0 Å². The molecule has 4 rings (SSSR count). The minimum absolute atomic E-state index is 0.00625. The van der Waals surface area contributed by atoms with Gasteiger partial charge in [0, 0.05) is 12.0 Å². The zero-order valence-electron chi connectivity index (χ0n) is 29.4. The van der Waals surface area contributed by atoms with Crippen molar-refractivity contribution < 1.29 is 56.3 Å². The Bertz CT molecular complexity index is 1740. The summed E-state index contributed by atoms with van der Waals surface area (Å²) in [4.78, 5) is 39.5. The van der Waals surface area contributed by atoms with Crippen molar-refractivity contribution in [3.8, 4) is 23.0 Å². The molecule has 1 N–H and O–H groups in total. The number of benzene rings is 2. The number of alkyl carbamates (subject to hydrolysis) is 1. The predicted octanol–water partition coefficient (Wildman–Crippen LogP) is 7.62. The van der Waals surface area contributed by atoms with E-state index in [-0.39, 0.29) is 63.1 Å². The number of carbonyl (C=O) groups excluding carboxylic acids is 3. The van der Waals surface area contributed by atoms with E-state index in [2.05, 4.69) is 10.1 Å². The Kier molecular flexibility index (Phi) is 13.4. The lowest BCUT2D eigenvalue weighted by Gasteiger charge is -2.25. The van der Waals surface area contributed by atoms with Crippen LogP contribution in [0.4, 0.5) is 13.6 Å². The van der Waals surface area contributed by atoms with Crippen LogP contribution >= 0.6 is 23.2 Å². The van der Waals surface area contributed by atoms with Gasteiger partial charge >= 0.3 is 24.6 Å². The lowest BCUT2D eigenvalue weighted by molar-refractivity contribution is -0.605. The first-order chi connectivity index (χ1) is 24.4. The number of amides is 1. The zero-order valence-corrected chi connectivity index (χ0v) is 30.9. The molecule has 1 fully saturated rings. The number of nitrogens with one attached hydrogen (secondary N) is 1. The molecule has 0 radical (unpaired) electrons. The van der Waals surface area contributed by atoms with Gasteiger partial charge in [0.15, 0.2) is 35.4 Å². The third-order valence-electron chi connectivity index (χ3n) is 7.63. The molecule has 1 heterocycles. The van der Waals surface area contributed by atoms with Gasteiger partial charge in [0.2, 0.25) is 0 Å². The van der Waals surface area contributed by atoms with Crippen molar-refractivity contribution in [3.05, 3.63) is 80.7 Å². The van der Waals surface area contributed by atoms with Gasteiger partial charge in [-0.05, 0) is 81.3 Å². The summed E-state index contributed by atoms with van der Waals surface area (Å²) < 4.78 is 59.6. The van der Waals surface area contributed by atoms with Gasteiger partial charge in [-0.3, -0.25) is 0 Å². The van der Waals surface area contributed by atoms with Crippen LogP contribution in [0.5, 0.6) is 23.0 Å². The summed E-state index contributed by atoms with van der Waals surface area (Å²) >= 11 is 12.7. The quantitative estimate of drug-likeness (QED) is 0.0709. The molecule has 1 saturated carbocycles. The van der Waals surface area contributed by atoms with Crippen molar-refractivity contribution in [2.75, 3.05) is 13.7 Å². The van der Waals surface area contributed by atoms with Gasteiger partial charge in [-0.15, -0.1) is 0 Å². The summed E-state index contributed by atoms with van der Waals surface area (Å²) in [5.41, 5.74) is -0.309. The highest BCUT2D eigenvalue weighted by molar-refractivity contribution is 6.35. The second-order valence-electron chi connectivity index (χ2n) is 13.4. The number of nitrogens with zero attached hydrogens (tertiary/aromatic N) is 1. The number of aromatic nitrogens is 1. The Labute approximate surface area is 309 Å². The molecule has 1 amide bonds. The van der Waals surface area contributed by atoms with Gasteiger partial charge in [0.1, 0.15) is 27.8 Å². The molecule has 0 bridgehead atoms. The molecule has 1 aliphatic carbocycles. The van der Waals surface area contributed by atoms with Crippen LogP contribution in [0.2, 0.25) is 10.0 Å². The summed E-state index contributed by atoms with van der Waals surface area (Å²) in [5.74, 6) is -2.13. The molecule has 3 aromatic rings. The fourth-order valence-electron chi connectivity index (χ4n) is 4.85. The first-order valence-electron chi connectivity index (χ1n) is 16.3. The molecule has 52 heavy (non-hydrogen) atoms. The SMILES string of the molecule is COc1ccc(C(=O)O[C@@H](Cc2c(Cl)c[n+]([O-])cc2Cl)c2ccc(OC(F)F)c(OCC3CC3)c2)cc1OC(=O)[C@@H](NC(=O)OC(C)(C)C)C(C)C. The fraction of sp³-hybridized carbons (Fsp3) is 0.444. The number of hydrogen-bond acceptors (Lipinski definition) is 10. The summed E-state index contributed by atoms with van der Waals surface area (Å²) in [5, 5.41) is 14.4. The van der Waals surface area contributed by atoms with Gasteiger partial charge in [-0.1, -0.05) is 43.1 Å². The maximum atomic E-state index is 13.8. The van der Waals surface area contributed by atoms with E-state index in [0.717, 1.165) is 25.2 Å². The Morgan fingerprint density at radius 2 is 1.63 bits per heavy atom. The molecule has 0 aliphatic heterocycles. The van der Waals surface area contributed by atoms with Crippen LogP contribution in [0.1, 0.15) is 75.0 Å². The first-order valence-corrected chi connectivity index (χ1v) is 17.1. The average molecular weight is 770 g/mol. The standard InChI is InChI=1S/C36H40Cl2F2N2O10/c1-19(2)31(41-35(45)52-36(3,4)5)33(44)50-30-14-22(10-11-26(30)47-6)32(43)49-28(15-23-24(37)16-42(46)17-25(23)38)21-9-12-27(51-34(39)40)29(13-21)48-18-20-7-8-20/h9-14,16-17,19-20,28,31,34H,7-8,15,18H2,1-6H3,(H,41,45)/t28-,31-/m0/s1. The Morgan fingerprint density at radius 3 is 2.21 bits per heavy atom. The Morgan fingerprint density at radius 1 is 0.981 bits per heavy atom. The molecule has 1 aliphatic rings. The van der Waals surface area contributed by atoms with Crippen LogP contribution in [0, 0.1) is 17.0 Å². The van der Waals surface area contributed by atoms with Crippen LogP contribution in [0.3, 0.4) is 0 Å². The van der Waals surface area contributed by atoms with Gasteiger partial charge in [0.25, 0.3) is 0 Å². The van der Waals surface area contributed by atoms with Crippen LogP contribution in [-0.2, 0) is 20.7 Å². The minimum atomic E-state index is -3.12. The number of alkyl halides is 2. The number of methoxy groups -OCH3 is 1. The first kappa shape index (κ1) is 40.2. The van der Waals surface area contributed by atoms with Crippen LogP contribution in [-0.4, -0.2) is 50.0 Å². The van der Waals surface area contributed by atoms with Crippen molar-refractivity contribution in [2.45, 2.75) is 78.2 Å². The number of esters is 2. The molecule has 0 unspecified atom stereocenters. The van der Waals surface area contributed by atoms with Crippen molar-refractivity contribution >= 4 is 41.2 Å². The lowest BCUT2D eigenvalue weighted by atomic mass is 10.0. The van der Waals surface area contributed by atoms with E-state index in [0.29, 0.717) is 10.3 Å². The number of carbonyl (C=O) groups is 3. The molecule has 12 nitrogen and oxygen atoms in total. The number of pyridine rings is 1. The molecule has 0 saturated heterocycles. The highest BCUT2D eigenvalue weighted by Gasteiger charge is 2.31. The Balaban J connectivity index is 1.65. The van der Waals surface area contributed by atoms with E-state index in [1.54, 1.807) is 34.6 Å². The predicted molar refractivity (Wildman–Crippen MR) is 185 cm³/mol. The van der Waals surface area contributed by atoms with E-state index in [1.807, 2.05) is 0 Å². The summed E-state index contributed by atoms with van der Waals surface area (Å²) in [6.07, 6.45) is 1.91. The monoisotopic (exact) mass is 768 g/mol. The molecule has 2 atom stereocenters. The highest BCUT2D eigenvalue weighted by atomic mass is 35.5. The van der Waals surface area contributed by atoms with E-state index >= 15 is 0 Å². The number of ether oxygens (including phenoxy) is 6. The lowest BCUT2D eigenvalue weighted by Crippen LogP contribution is -2.48. The van der Waals surface area contributed by atoms with Crippen molar-refractivity contribution in [3.63, 3.8) is 0 Å². The maximum Gasteiger partial charge on any atom is 0.408 e. The number of hydrogen-bond donors (Lipinski definition) is 1. The van der Waals surface area contributed by atoms with Crippen LogP contribution in [0.15, 0.2) is 48.8 Å². The molecule has 2 aromatic carbocycles. The zero-order chi connectivity index (χ0) is 38.3. The molecule has 282 valence electrons. The van der Waals surface area contributed by atoms with E-state index in [4.69, 9.17) is 46.9 Å². The van der Waals surface area contributed by atoms with Crippen LogP contribution in [0.25, 0.3) is 0 Å². The number of halogens is 4. The third-order valence-corrected chi connectivity index (χ3v) is 8.28. The van der Waals surface area contributed by atoms with Gasteiger partial charge in [-0.2, -0.15) is 13.5 Å². The smallest absolute Gasteiger partial charge is 0.408 e. The van der Waals surface area contributed by atoms with Gasteiger partial charge in [0.05, 0.1) is 19.3 Å². The second kappa shape index (κ2) is 17.3. The van der Waals surface area contributed by atoms with Crippen molar-refractivity contribution in [1.29, 1.82) is 0 Å². The molecule has 16 heteroatoms. The highest BCUT2D eigenvalue weighted by Crippen LogP contribution is 2.38.